The van der Waals surface area contributed by atoms with Crippen molar-refractivity contribution in [3.63, 3.8) is 0 Å². The molecule has 0 aliphatic carbocycles. The van der Waals surface area contributed by atoms with Crippen LogP contribution in [-0.2, 0) is 6.54 Å². The van der Waals surface area contributed by atoms with E-state index in [1.54, 1.807) is 34.9 Å². The van der Waals surface area contributed by atoms with Gasteiger partial charge in [-0.15, -0.1) is 0 Å². The monoisotopic (exact) mass is 318 g/mol. The molecule has 0 saturated carbocycles. The third-order valence-electron chi connectivity index (χ3n) is 3.94. The summed E-state index contributed by atoms with van der Waals surface area (Å²) in [5.41, 5.74) is 3.26. The van der Waals surface area contributed by atoms with Crippen LogP contribution in [0.2, 0.25) is 0 Å². The number of Topliss-reactive ketones (excluding diaryl/α,β-unsaturated/α-hetero) is 1. The number of nitrogens with zero attached hydrogens (tertiary/aromatic N) is 2. The number of carbonyl (C=O) groups excluding carboxylic acids is 1. The largest absolute Gasteiger partial charge is 0.336 e. The van der Waals surface area contributed by atoms with Crippen molar-refractivity contribution in [2.45, 2.75) is 13.5 Å². The second kappa shape index (κ2) is 6.51. The van der Waals surface area contributed by atoms with Crippen molar-refractivity contribution < 1.29 is 9.18 Å². The van der Waals surface area contributed by atoms with E-state index in [4.69, 9.17) is 0 Å². The van der Waals surface area contributed by atoms with E-state index in [9.17, 15) is 14.4 Å². The molecule has 0 saturated heterocycles. The topological polar surface area (TPSA) is 45.8 Å². The summed E-state index contributed by atoms with van der Waals surface area (Å²) in [5.74, 6) is -0.380. The molecule has 0 radical (unpaired) electrons. The molecule has 0 spiro atoms. The smallest absolute Gasteiger partial charge is 0.182 e. The van der Waals surface area contributed by atoms with Gasteiger partial charge in [0.15, 0.2) is 5.78 Å². The number of hydrogen-bond acceptors (Lipinski definition) is 2. The molecule has 118 valence electrons. The molecule has 4 heteroatoms. The number of ketones is 1. The number of rotatable bonds is 4. The minimum atomic E-state index is -0.340. The number of benzene rings is 2. The maximum atomic E-state index is 13.2. The average Bonchev–Trinajstić information content (AvgIpc) is 2.92. The van der Waals surface area contributed by atoms with Crippen LogP contribution < -0.4 is 0 Å². The Kier molecular flexibility index (Phi) is 4.26. The van der Waals surface area contributed by atoms with Gasteiger partial charge in [0, 0.05) is 11.3 Å². The summed E-state index contributed by atoms with van der Waals surface area (Å²) in [7, 11) is 0. The molecule has 0 aliphatic rings. The maximum absolute atomic E-state index is 13.2. The highest BCUT2D eigenvalue weighted by atomic mass is 19.1. The fourth-order valence-electron chi connectivity index (χ4n) is 2.74. The second-order valence-corrected chi connectivity index (χ2v) is 5.54. The van der Waals surface area contributed by atoms with Crippen molar-refractivity contribution in [2.24, 2.45) is 0 Å². The van der Waals surface area contributed by atoms with Crippen molar-refractivity contribution in [3.8, 4) is 17.3 Å². The number of aryl methyl sites for hydroxylation is 1. The van der Waals surface area contributed by atoms with Crippen molar-refractivity contribution in [1.82, 2.24) is 4.57 Å². The van der Waals surface area contributed by atoms with Crippen LogP contribution in [-0.4, -0.2) is 10.4 Å². The highest BCUT2D eigenvalue weighted by Gasteiger charge is 2.17. The van der Waals surface area contributed by atoms with Gasteiger partial charge in [0.1, 0.15) is 11.9 Å². The molecule has 0 unspecified atom stereocenters. The SMILES string of the molecule is Cc1cc(C#N)c(-c2ccc(F)cc2)n1CC(=O)c1ccccc1. The highest BCUT2D eigenvalue weighted by Crippen LogP contribution is 2.27. The van der Waals surface area contributed by atoms with Crippen LogP contribution in [0.1, 0.15) is 21.6 Å². The summed E-state index contributed by atoms with van der Waals surface area (Å²) >= 11 is 0. The zero-order valence-corrected chi connectivity index (χ0v) is 13.2. The zero-order chi connectivity index (χ0) is 17.1. The summed E-state index contributed by atoms with van der Waals surface area (Å²) < 4.78 is 15.0. The van der Waals surface area contributed by atoms with E-state index >= 15 is 0 Å². The van der Waals surface area contributed by atoms with Crippen LogP contribution in [0, 0.1) is 24.1 Å². The first kappa shape index (κ1) is 15.7. The van der Waals surface area contributed by atoms with Gasteiger partial charge < -0.3 is 4.57 Å². The van der Waals surface area contributed by atoms with Crippen LogP contribution in [0.3, 0.4) is 0 Å². The molecule has 0 N–H and O–H groups in total. The molecule has 0 fully saturated rings. The summed E-state index contributed by atoms with van der Waals surface area (Å²) in [6, 6.07) is 18.9. The Morgan fingerprint density at radius 1 is 1.12 bits per heavy atom. The third kappa shape index (κ3) is 2.97. The molecule has 3 nitrogen and oxygen atoms in total. The van der Waals surface area contributed by atoms with E-state index in [0.717, 1.165) is 5.69 Å². The molecular weight excluding hydrogens is 303 g/mol. The summed E-state index contributed by atoms with van der Waals surface area (Å²) in [4.78, 5) is 12.5. The predicted octanol–water partition coefficient (Wildman–Crippen LogP) is 4.36. The Hall–Kier alpha value is -3.19. The normalized spacial score (nSPS) is 10.4. The first-order valence-corrected chi connectivity index (χ1v) is 7.54. The lowest BCUT2D eigenvalue weighted by atomic mass is 10.1. The lowest BCUT2D eigenvalue weighted by Crippen LogP contribution is -2.12. The number of halogens is 1. The maximum Gasteiger partial charge on any atom is 0.182 e. The van der Waals surface area contributed by atoms with Gasteiger partial charge >= 0.3 is 0 Å². The lowest BCUT2D eigenvalue weighted by molar-refractivity contribution is 0.0972. The molecule has 3 aromatic rings. The number of hydrogen-bond donors (Lipinski definition) is 0. The van der Waals surface area contributed by atoms with E-state index in [1.807, 2.05) is 25.1 Å². The molecule has 0 atom stereocenters. The summed E-state index contributed by atoms with van der Waals surface area (Å²) in [6.07, 6.45) is 0. The molecule has 0 aliphatic heterocycles. The van der Waals surface area contributed by atoms with Gasteiger partial charge in [0.2, 0.25) is 0 Å². The van der Waals surface area contributed by atoms with Crippen LogP contribution in [0.15, 0.2) is 60.7 Å². The van der Waals surface area contributed by atoms with E-state index < -0.39 is 0 Å². The minimum absolute atomic E-state index is 0.0397. The standard InChI is InChI=1S/C20H15FN2O/c1-14-11-17(12-22)20(16-7-9-18(21)10-8-16)23(14)13-19(24)15-5-3-2-4-6-15/h2-11H,13H2,1H3. The van der Waals surface area contributed by atoms with E-state index in [0.29, 0.717) is 22.4 Å². The highest BCUT2D eigenvalue weighted by molar-refractivity contribution is 5.96. The molecule has 0 bridgehead atoms. The Bertz CT molecular complexity index is 919. The Morgan fingerprint density at radius 2 is 1.79 bits per heavy atom. The summed E-state index contributed by atoms with van der Waals surface area (Å²) in [6.45, 7) is 1.98. The van der Waals surface area contributed by atoms with Crippen LogP contribution in [0.4, 0.5) is 4.39 Å². The first-order chi connectivity index (χ1) is 11.6. The van der Waals surface area contributed by atoms with Crippen molar-refractivity contribution in [3.05, 3.63) is 83.3 Å². The van der Waals surface area contributed by atoms with Gasteiger partial charge in [-0.1, -0.05) is 30.3 Å². The van der Waals surface area contributed by atoms with E-state index in [2.05, 4.69) is 6.07 Å². The number of carbonyl (C=O) groups is 1. The van der Waals surface area contributed by atoms with Crippen LogP contribution >= 0.6 is 0 Å². The number of aromatic nitrogens is 1. The molecule has 2 aromatic carbocycles. The van der Waals surface area contributed by atoms with Crippen LogP contribution in [0.5, 0.6) is 0 Å². The predicted molar refractivity (Wildman–Crippen MR) is 90.1 cm³/mol. The lowest BCUT2D eigenvalue weighted by Gasteiger charge is -2.12. The van der Waals surface area contributed by atoms with Crippen molar-refractivity contribution >= 4 is 5.78 Å². The van der Waals surface area contributed by atoms with Gasteiger partial charge in [-0.25, -0.2) is 4.39 Å². The Balaban J connectivity index is 2.05. The molecule has 3 rings (SSSR count). The number of nitriles is 1. The first-order valence-electron chi connectivity index (χ1n) is 7.54. The Labute approximate surface area is 139 Å². The molecular formula is C20H15FN2O. The molecule has 24 heavy (non-hydrogen) atoms. The van der Waals surface area contributed by atoms with Gasteiger partial charge in [-0.2, -0.15) is 5.26 Å². The van der Waals surface area contributed by atoms with Crippen molar-refractivity contribution in [1.29, 1.82) is 5.26 Å². The van der Waals surface area contributed by atoms with Gasteiger partial charge in [0.05, 0.1) is 17.8 Å². The molecule has 1 aromatic heterocycles. The van der Waals surface area contributed by atoms with E-state index in [-0.39, 0.29) is 18.1 Å². The molecule has 1 heterocycles. The van der Waals surface area contributed by atoms with Gasteiger partial charge in [-0.3, -0.25) is 4.79 Å². The van der Waals surface area contributed by atoms with Gasteiger partial charge in [-0.05, 0) is 42.8 Å². The zero-order valence-electron chi connectivity index (χ0n) is 13.2. The summed E-state index contributed by atoms with van der Waals surface area (Å²) in [5, 5.41) is 9.40. The third-order valence-corrected chi connectivity index (χ3v) is 3.94. The minimum Gasteiger partial charge on any atom is -0.336 e. The molecule has 0 amide bonds. The average molecular weight is 318 g/mol. The van der Waals surface area contributed by atoms with E-state index in [1.165, 1.54) is 12.1 Å². The fourth-order valence-corrected chi connectivity index (χ4v) is 2.74. The second-order valence-electron chi connectivity index (χ2n) is 5.54. The quantitative estimate of drug-likeness (QED) is 0.671. The van der Waals surface area contributed by atoms with Gasteiger partial charge in [0.25, 0.3) is 0 Å². The van der Waals surface area contributed by atoms with Crippen molar-refractivity contribution in [2.75, 3.05) is 0 Å². The Morgan fingerprint density at radius 3 is 2.42 bits per heavy atom. The fraction of sp³-hybridized carbons (Fsp3) is 0.100. The van der Waals surface area contributed by atoms with Crippen LogP contribution in [0.25, 0.3) is 11.3 Å².